The van der Waals surface area contributed by atoms with Crippen LogP contribution in [-0.4, -0.2) is 21.7 Å². The molecule has 0 aliphatic heterocycles. The van der Waals surface area contributed by atoms with E-state index in [1.165, 1.54) is 12.0 Å². The second-order valence-corrected chi connectivity index (χ2v) is 7.34. The van der Waals surface area contributed by atoms with Gasteiger partial charge in [0.25, 0.3) is 0 Å². The van der Waals surface area contributed by atoms with Crippen LogP contribution < -0.4 is 5.32 Å². The summed E-state index contributed by atoms with van der Waals surface area (Å²) in [4.78, 5) is 9.40. The minimum atomic E-state index is -0.0761. The van der Waals surface area contributed by atoms with Crippen molar-refractivity contribution in [2.24, 2.45) is 5.41 Å². The highest BCUT2D eigenvalue weighted by Gasteiger charge is 2.44. The fraction of sp³-hybridized carbons (Fsp3) is 0.364. The highest BCUT2D eigenvalue weighted by atomic mass is 16.3. The maximum atomic E-state index is 10.1. The maximum absolute atomic E-state index is 10.1. The molecule has 0 spiro atoms. The van der Waals surface area contributed by atoms with Crippen LogP contribution in [0, 0.1) is 12.3 Å². The first-order valence-electron chi connectivity index (χ1n) is 9.33. The Bertz CT molecular complexity index is 885. The molecule has 0 amide bonds. The van der Waals surface area contributed by atoms with Crippen LogP contribution in [0.25, 0.3) is 10.9 Å². The minimum Gasteiger partial charge on any atom is -0.396 e. The largest absolute Gasteiger partial charge is 0.396 e. The van der Waals surface area contributed by atoms with Gasteiger partial charge < -0.3 is 10.4 Å². The van der Waals surface area contributed by atoms with Gasteiger partial charge >= 0.3 is 0 Å². The molecule has 4 nitrogen and oxygen atoms in total. The zero-order valence-corrected chi connectivity index (χ0v) is 15.2. The summed E-state index contributed by atoms with van der Waals surface area (Å²) in [5.41, 5.74) is 3.13. The Hall–Kier alpha value is -2.30. The SMILES string of the molecule is Cc1nc(CNC(c2ccccc2)C2(CO)CCC2)nc2ccccc12. The first kappa shape index (κ1) is 17.1. The Morgan fingerprint density at radius 3 is 2.46 bits per heavy atom. The lowest BCUT2D eigenvalue weighted by molar-refractivity contribution is 0.00438. The summed E-state index contributed by atoms with van der Waals surface area (Å²) in [6.07, 6.45) is 3.28. The van der Waals surface area contributed by atoms with Crippen LogP contribution in [0.5, 0.6) is 0 Å². The molecule has 1 saturated carbocycles. The van der Waals surface area contributed by atoms with Crippen LogP contribution in [-0.2, 0) is 6.54 Å². The van der Waals surface area contributed by atoms with E-state index in [0.29, 0.717) is 6.54 Å². The third kappa shape index (κ3) is 3.11. The topological polar surface area (TPSA) is 58.0 Å². The number of rotatable bonds is 6. The van der Waals surface area contributed by atoms with Crippen molar-refractivity contribution in [1.82, 2.24) is 15.3 Å². The maximum Gasteiger partial charge on any atom is 0.143 e. The lowest BCUT2D eigenvalue weighted by Crippen LogP contribution is -2.45. The van der Waals surface area contributed by atoms with E-state index >= 15 is 0 Å². The lowest BCUT2D eigenvalue weighted by atomic mass is 9.63. The molecular formula is C22H25N3O. The second-order valence-electron chi connectivity index (χ2n) is 7.34. The van der Waals surface area contributed by atoms with Crippen molar-refractivity contribution < 1.29 is 5.11 Å². The summed E-state index contributed by atoms with van der Waals surface area (Å²) in [5, 5.41) is 14.8. The zero-order valence-electron chi connectivity index (χ0n) is 15.2. The Balaban J connectivity index is 1.61. The van der Waals surface area contributed by atoms with Crippen molar-refractivity contribution in [3.8, 4) is 0 Å². The molecular weight excluding hydrogens is 322 g/mol. The predicted octanol–water partition coefficient (Wildman–Crippen LogP) is 3.93. The summed E-state index contributed by atoms with van der Waals surface area (Å²) in [7, 11) is 0. The van der Waals surface area contributed by atoms with Gasteiger partial charge in [0, 0.05) is 22.5 Å². The number of fused-ring (bicyclic) bond motifs is 1. The first-order chi connectivity index (χ1) is 12.7. The van der Waals surface area contributed by atoms with Gasteiger partial charge in [-0.15, -0.1) is 0 Å². The van der Waals surface area contributed by atoms with E-state index in [9.17, 15) is 5.11 Å². The normalized spacial score (nSPS) is 17.0. The van der Waals surface area contributed by atoms with E-state index in [0.717, 1.165) is 35.3 Å². The predicted molar refractivity (Wildman–Crippen MR) is 104 cm³/mol. The van der Waals surface area contributed by atoms with Crippen molar-refractivity contribution in [1.29, 1.82) is 0 Å². The minimum absolute atomic E-state index is 0.0761. The van der Waals surface area contributed by atoms with E-state index in [1.807, 2.05) is 31.2 Å². The van der Waals surface area contributed by atoms with Gasteiger partial charge in [-0.05, 0) is 31.4 Å². The standard InChI is InChI=1S/C22H25N3O/c1-16-18-10-5-6-11-19(18)25-20(24-16)14-23-21(17-8-3-2-4-9-17)22(15-26)12-7-13-22/h2-6,8-11,21,23,26H,7,12-15H2,1H3. The monoisotopic (exact) mass is 347 g/mol. The Kier molecular flexibility index (Phi) is 4.70. The number of hydrogen-bond acceptors (Lipinski definition) is 4. The molecule has 4 heteroatoms. The van der Waals surface area contributed by atoms with Crippen LogP contribution in [0.4, 0.5) is 0 Å². The molecule has 2 N–H and O–H groups in total. The number of nitrogens with zero attached hydrogens (tertiary/aromatic N) is 2. The number of aliphatic hydroxyl groups is 1. The van der Waals surface area contributed by atoms with Gasteiger partial charge in [0.15, 0.2) is 0 Å². The number of aliphatic hydroxyl groups excluding tert-OH is 1. The van der Waals surface area contributed by atoms with Crippen LogP contribution in [0.1, 0.15) is 42.4 Å². The van der Waals surface area contributed by atoms with Crippen LogP contribution in [0.3, 0.4) is 0 Å². The van der Waals surface area contributed by atoms with Crippen LogP contribution in [0.15, 0.2) is 54.6 Å². The second kappa shape index (κ2) is 7.14. The van der Waals surface area contributed by atoms with Crippen molar-refractivity contribution >= 4 is 10.9 Å². The summed E-state index contributed by atoms with van der Waals surface area (Å²) in [6, 6.07) is 18.7. The number of para-hydroxylation sites is 1. The Labute approximate surface area is 154 Å². The molecule has 1 aromatic heterocycles. The van der Waals surface area contributed by atoms with E-state index in [1.54, 1.807) is 0 Å². The molecule has 1 aliphatic carbocycles. The van der Waals surface area contributed by atoms with Gasteiger partial charge in [0.2, 0.25) is 0 Å². The summed E-state index contributed by atoms with van der Waals surface area (Å²) < 4.78 is 0. The molecule has 4 rings (SSSR count). The highest BCUT2D eigenvalue weighted by Crippen LogP contribution is 2.49. The number of aromatic nitrogens is 2. The van der Waals surface area contributed by atoms with Gasteiger partial charge in [-0.2, -0.15) is 0 Å². The summed E-state index contributed by atoms with van der Waals surface area (Å²) in [6.45, 7) is 2.83. The van der Waals surface area contributed by atoms with E-state index in [-0.39, 0.29) is 18.1 Å². The first-order valence-corrected chi connectivity index (χ1v) is 9.33. The summed E-state index contributed by atoms with van der Waals surface area (Å²) in [5.74, 6) is 0.801. The fourth-order valence-electron chi connectivity index (χ4n) is 4.07. The van der Waals surface area contributed by atoms with Crippen molar-refractivity contribution in [2.45, 2.75) is 38.8 Å². The molecule has 134 valence electrons. The molecule has 1 fully saturated rings. The summed E-state index contributed by atoms with van der Waals surface area (Å²) >= 11 is 0. The Morgan fingerprint density at radius 2 is 1.77 bits per heavy atom. The Morgan fingerprint density at radius 1 is 1.04 bits per heavy atom. The van der Waals surface area contributed by atoms with E-state index in [4.69, 9.17) is 4.98 Å². The van der Waals surface area contributed by atoms with Gasteiger partial charge in [-0.1, -0.05) is 55.0 Å². The lowest BCUT2D eigenvalue weighted by Gasteiger charge is -2.47. The quantitative estimate of drug-likeness (QED) is 0.709. The molecule has 1 heterocycles. The molecule has 0 radical (unpaired) electrons. The number of benzene rings is 2. The van der Waals surface area contributed by atoms with Gasteiger partial charge in [-0.3, -0.25) is 0 Å². The third-order valence-electron chi connectivity index (χ3n) is 5.71. The van der Waals surface area contributed by atoms with Crippen LogP contribution >= 0.6 is 0 Å². The molecule has 2 aromatic carbocycles. The molecule has 0 saturated heterocycles. The number of hydrogen-bond donors (Lipinski definition) is 2. The molecule has 1 unspecified atom stereocenters. The fourth-order valence-corrected chi connectivity index (χ4v) is 4.07. The van der Waals surface area contributed by atoms with Gasteiger partial charge in [0.05, 0.1) is 18.7 Å². The molecule has 0 bridgehead atoms. The average Bonchev–Trinajstić information content (AvgIpc) is 2.64. The molecule has 3 aromatic rings. The van der Waals surface area contributed by atoms with Gasteiger partial charge in [-0.25, -0.2) is 9.97 Å². The van der Waals surface area contributed by atoms with Crippen molar-refractivity contribution in [3.05, 3.63) is 71.7 Å². The number of aryl methyl sites for hydroxylation is 1. The molecule has 1 aliphatic rings. The molecule has 1 atom stereocenters. The van der Waals surface area contributed by atoms with E-state index in [2.05, 4.69) is 40.6 Å². The third-order valence-corrected chi connectivity index (χ3v) is 5.71. The highest BCUT2D eigenvalue weighted by molar-refractivity contribution is 5.80. The number of nitrogens with one attached hydrogen (secondary N) is 1. The average molecular weight is 347 g/mol. The zero-order chi connectivity index (χ0) is 18.0. The van der Waals surface area contributed by atoms with Crippen LogP contribution in [0.2, 0.25) is 0 Å². The van der Waals surface area contributed by atoms with Gasteiger partial charge in [0.1, 0.15) is 5.82 Å². The molecule has 26 heavy (non-hydrogen) atoms. The van der Waals surface area contributed by atoms with E-state index < -0.39 is 0 Å². The smallest absolute Gasteiger partial charge is 0.143 e. The van der Waals surface area contributed by atoms with Crippen molar-refractivity contribution in [2.75, 3.05) is 6.61 Å². The van der Waals surface area contributed by atoms with Crippen molar-refractivity contribution in [3.63, 3.8) is 0 Å².